The van der Waals surface area contributed by atoms with Crippen molar-refractivity contribution in [3.63, 3.8) is 0 Å². The summed E-state index contributed by atoms with van der Waals surface area (Å²) in [5, 5.41) is 9.82. The maximum Gasteiger partial charge on any atom is 0.337 e. The molecule has 7 unspecified atom stereocenters. The van der Waals surface area contributed by atoms with Gasteiger partial charge in [-0.15, -0.1) is 0 Å². The molecule has 9 nitrogen and oxygen atoms in total. The van der Waals surface area contributed by atoms with Crippen molar-refractivity contribution >= 4 is 17.9 Å². The Kier molecular flexibility index (Phi) is 5.53. The topological polar surface area (TPSA) is 124 Å². The van der Waals surface area contributed by atoms with Crippen molar-refractivity contribution in [2.45, 2.75) is 63.3 Å². The number of ether oxygens (including phenoxy) is 5. The van der Waals surface area contributed by atoms with Crippen LogP contribution < -0.4 is 0 Å². The highest BCUT2D eigenvalue weighted by Gasteiger charge is 2.67. The van der Waals surface area contributed by atoms with Crippen LogP contribution in [0.25, 0.3) is 0 Å². The van der Waals surface area contributed by atoms with Gasteiger partial charge < -0.3 is 28.8 Å². The fourth-order valence-corrected chi connectivity index (χ4v) is 4.41. The zero-order valence-corrected chi connectivity index (χ0v) is 17.7. The number of carbonyl (C=O) groups is 3. The van der Waals surface area contributed by atoms with Crippen molar-refractivity contribution in [3.8, 4) is 0 Å². The van der Waals surface area contributed by atoms with E-state index >= 15 is 0 Å². The Morgan fingerprint density at radius 2 is 2.16 bits per heavy atom. The number of fused-ring (bicyclic) bond motifs is 4. The molecular weight excluding hydrogens is 408 g/mol. The molecular formula is C22H26O9. The van der Waals surface area contributed by atoms with E-state index in [2.05, 4.69) is 6.58 Å². The monoisotopic (exact) mass is 434 g/mol. The molecule has 0 aromatic heterocycles. The van der Waals surface area contributed by atoms with Crippen LogP contribution >= 0.6 is 0 Å². The van der Waals surface area contributed by atoms with Gasteiger partial charge in [-0.25, -0.2) is 9.59 Å². The second-order valence-corrected chi connectivity index (χ2v) is 8.44. The SMILES string of the molecule is C=C1C(=O)OC2/C=C(\CO)C3OC3C3OC3(C)CC(OC(=O)/C(=C/C)COC(C)=O)C12. The highest BCUT2D eigenvalue weighted by Crippen LogP contribution is 2.53. The zero-order chi connectivity index (χ0) is 22.5. The predicted octanol–water partition coefficient (Wildman–Crippen LogP) is 0.753. The third-order valence-corrected chi connectivity index (χ3v) is 6.26. The summed E-state index contributed by atoms with van der Waals surface area (Å²) >= 11 is 0. The zero-order valence-electron chi connectivity index (χ0n) is 17.7. The summed E-state index contributed by atoms with van der Waals surface area (Å²) in [6.07, 6.45) is 1.23. The van der Waals surface area contributed by atoms with E-state index < -0.39 is 41.6 Å². The van der Waals surface area contributed by atoms with Gasteiger partial charge in [0.15, 0.2) is 0 Å². The van der Waals surface area contributed by atoms with Gasteiger partial charge in [-0.05, 0) is 25.5 Å². The lowest BCUT2D eigenvalue weighted by atomic mass is 9.82. The highest BCUT2D eigenvalue weighted by molar-refractivity contribution is 5.92. The van der Waals surface area contributed by atoms with Gasteiger partial charge in [0.1, 0.15) is 37.1 Å². The lowest BCUT2D eigenvalue weighted by Gasteiger charge is -2.28. The molecule has 0 amide bonds. The number of epoxide rings is 2. The molecule has 3 saturated heterocycles. The minimum atomic E-state index is -0.787. The van der Waals surface area contributed by atoms with Crippen LogP contribution in [0.1, 0.15) is 27.2 Å². The molecule has 3 fully saturated rings. The Bertz CT molecular complexity index is 887. The van der Waals surface area contributed by atoms with E-state index in [4.69, 9.17) is 23.7 Å². The van der Waals surface area contributed by atoms with E-state index in [9.17, 15) is 19.5 Å². The van der Waals surface area contributed by atoms with E-state index in [0.29, 0.717) is 12.0 Å². The number of aliphatic hydroxyl groups is 1. The van der Waals surface area contributed by atoms with Crippen LogP contribution in [0.4, 0.5) is 0 Å². The lowest BCUT2D eigenvalue weighted by Crippen LogP contribution is -2.38. The highest BCUT2D eigenvalue weighted by atomic mass is 16.7. The maximum atomic E-state index is 12.8. The number of allylic oxidation sites excluding steroid dienone is 1. The van der Waals surface area contributed by atoms with Crippen LogP contribution in [-0.2, 0) is 38.1 Å². The molecule has 0 spiro atoms. The number of hydrogen-bond acceptors (Lipinski definition) is 9. The quantitative estimate of drug-likeness (QED) is 0.219. The van der Waals surface area contributed by atoms with Gasteiger partial charge >= 0.3 is 17.9 Å². The van der Waals surface area contributed by atoms with Crippen molar-refractivity contribution in [2.24, 2.45) is 5.92 Å². The van der Waals surface area contributed by atoms with Crippen molar-refractivity contribution in [1.82, 2.24) is 0 Å². The molecule has 1 N–H and O–H groups in total. The molecule has 4 rings (SSSR count). The predicted molar refractivity (Wildman–Crippen MR) is 105 cm³/mol. The summed E-state index contributed by atoms with van der Waals surface area (Å²) in [6, 6.07) is 0. The molecule has 168 valence electrons. The van der Waals surface area contributed by atoms with Crippen LogP contribution in [-0.4, -0.2) is 72.3 Å². The minimum absolute atomic E-state index is 0.176. The van der Waals surface area contributed by atoms with Gasteiger partial charge in [-0.3, -0.25) is 4.79 Å². The number of hydrogen-bond donors (Lipinski definition) is 1. The second-order valence-electron chi connectivity index (χ2n) is 8.44. The lowest BCUT2D eigenvalue weighted by molar-refractivity contribution is -0.150. The molecule has 3 aliphatic heterocycles. The van der Waals surface area contributed by atoms with E-state index in [1.807, 2.05) is 6.92 Å². The van der Waals surface area contributed by atoms with E-state index in [1.54, 1.807) is 13.0 Å². The molecule has 3 heterocycles. The van der Waals surface area contributed by atoms with Crippen LogP contribution in [0.3, 0.4) is 0 Å². The van der Waals surface area contributed by atoms with Gasteiger partial charge in [0.2, 0.25) is 0 Å². The summed E-state index contributed by atoms with van der Waals surface area (Å²) in [4.78, 5) is 36.3. The molecule has 0 radical (unpaired) electrons. The standard InChI is InChI=1S/C22H26O9/c1-5-12(9-27-11(3)24)21(26)29-15-7-22(4)19(31-22)18-17(30-18)13(8-23)6-14-16(15)10(2)20(25)28-14/h5-6,14-19,23H,2,7-9H2,1,3-4H3/b12-5+,13-6+. The van der Waals surface area contributed by atoms with Crippen LogP contribution in [0.2, 0.25) is 0 Å². The summed E-state index contributed by atoms with van der Waals surface area (Å²) in [6.45, 7) is 8.16. The summed E-state index contributed by atoms with van der Waals surface area (Å²) in [7, 11) is 0. The van der Waals surface area contributed by atoms with Crippen LogP contribution in [0, 0.1) is 5.92 Å². The minimum Gasteiger partial charge on any atom is -0.461 e. The normalized spacial score (nSPS) is 40.4. The van der Waals surface area contributed by atoms with Gasteiger partial charge in [0, 0.05) is 18.9 Å². The molecule has 1 aliphatic carbocycles. The Morgan fingerprint density at radius 1 is 1.42 bits per heavy atom. The van der Waals surface area contributed by atoms with Crippen molar-refractivity contribution in [3.05, 3.63) is 35.5 Å². The van der Waals surface area contributed by atoms with Crippen molar-refractivity contribution in [1.29, 1.82) is 0 Å². The summed E-state index contributed by atoms with van der Waals surface area (Å²) in [5.41, 5.74) is 0.338. The van der Waals surface area contributed by atoms with Crippen molar-refractivity contribution in [2.75, 3.05) is 13.2 Å². The first-order valence-corrected chi connectivity index (χ1v) is 10.2. The smallest absolute Gasteiger partial charge is 0.337 e. The van der Waals surface area contributed by atoms with Crippen molar-refractivity contribution < 1.29 is 43.2 Å². The average molecular weight is 434 g/mol. The second kappa shape index (κ2) is 7.89. The van der Waals surface area contributed by atoms with Crippen LogP contribution in [0.5, 0.6) is 0 Å². The molecule has 31 heavy (non-hydrogen) atoms. The first kappa shape index (κ1) is 21.7. The summed E-state index contributed by atoms with van der Waals surface area (Å²) < 4.78 is 27.8. The number of carbonyl (C=O) groups excluding carboxylic acids is 3. The van der Waals surface area contributed by atoms with E-state index in [0.717, 1.165) is 0 Å². The Hall–Kier alpha value is -2.49. The van der Waals surface area contributed by atoms with Crippen LogP contribution in [0.15, 0.2) is 35.5 Å². The number of aliphatic hydroxyl groups excluding tert-OH is 1. The number of rotatable bonds is 5. The molecule has 0 saturated carbocycles. The molecule has 4 aliphatic rings. The van der Waals surface area contributed by atoms with Gasteiger partial charge in [0.05, 0.1) is 23.7 Å². The molecule has 7 atom stereocenters. The molecule has 0 aromatic rings. The average Bonchev–Trinajstić information content (AvgIpc) is 3.59. The fourth-order valence-electron chi connectivity index (χ4n) is 4.41. The molecule has 0 aromatic carbocycles. The Morgan fingerprint density at radius 3 is 2.81 bits per heavy atom. The fraction of sp³-hybridized carbons (Fsp3) is 0.591. The Labute approximate surface area is 179 Å². The van der Waals surface area contributed by atoms with E-state index in [1.165, 1.54) is 13.0 Å². The number of esters is 3. The van der Waals surface area contributed by atoms with Gasteiger partial charge in [0.25, 0.3) is 0 Å². The summed E-state index contributed by atoms with van der Waals surface area (Å²) in [5.74, 6) is -2.41. The Balaban J connectivity index is 1.63. The van der Waals surface area contributed by atoms with E-state index in [-0.39, 0.29) is 42.7 Å². The van der Waals surface area contributed by atoms with Gasteiger partial charge in [-0.1, -0.05) is 12.7 Å². The third-order valence-electron chi connectivity index (χ3n) is 6.26. The molecule has 0 bridgehead atoms. The third kappa shape index (κ3) is 4.05. The first-order valence-electron chi connectivity index (χ1n) is 10.2. The first-order chi connectivity index (χ1) is 14.7. The maximum absolute atomic E-state index is 12.8. The van der Waals surface area contributed by atoms with Gasteiger partial charge in [-0.2, -0.15) is 0 Å². The largest absolute Gasteiger partial charge is 0.461 e. The molecule has 9 heteroatoms.